The Labute approximate surface area is 160 Å². The number of rotatable bonds is 11. The van der Waals surface area contributed by atoms with E-state index in [1.807, 2.05) is 6.07 Å². The first-order valence-electron chi connectivity index (χ1n) is 9.24. The Morgan fingerprint density at radius 2 is 1.41 bits per heavy atom. The van der Waals surface area contributed by atoms with Gasteiger partial charge >= 0.3 is 8.80 Å². The predicted octanol–water partition coefficient (Wildman–Crippen LogP) is 3.95. The van der Waals surface area contributed by atoms with E-state index in [0.717, 1.165) is 5.56 Å². The molecule has 6 nitrogen and oxygen atoms in total. The third-order valence-electron chi connectivity index (χ3n) is 3.76. The van der Waals surface area contributed by atoms with Gasteiger partial charge in [-0.15, -0.1) is 0 Å². The van der Waals surface area contributed by atoms with Crippen LogP contribution in [-0.4, -0.2) is 26.7 Å². The molecule has 0 aromatic heterocycles. The van der Waals surface area contributed by atoms with Crippen molar-refractivity contribution in [3.05, 3.63) is 35.6 Å². The molecule has 1 aromatic carbocycles. The van der Waals surface area contributed by atoms with Gasteiger partial charge in [0.1, 0.15) is 5.82 Å². The summed E-state index contributed by atoms with van der Waals surface area (Å²) >= 11 is 0. The summed E-state index contributed by atoms with van der Waals surface area (Å²) in [4.78, 5) is 35.5. The Morgan fingerprint density at radius 3 is 1.85 bits per heavy atom. The highest BCUT2D eigenvalue weighted by Gasteiger charge is 2.52. The summed E-state index contributed by atoms with van der Waals surface area (Å²) in [6.45, 7) is 4.82. The van der Waals surface area contributed by atoms with E-state index >= 15 is 0 Å². The topological polar surface area (TPSA) is 78.9 Å². The Kier molecular flexibility index (Phi) is 9.70. The molecular formula is C19H27FO6Si. The Balaban J connectivity index is 2.83. The molecule has 0 bridgehead atoms. The molecule has 0 spiro atoms. The molecule has 0 aliphatic rings. The molecule has 0 atom stereocenters. The van der Waals surface area contributed by atoms with Crippen molar-refractivity contribution in [1.29, 1.82) is 0 Å². The molecule has 0 N–H and O–H groups in total. The summed E-state index contributed by atoms with van der Waals surface area (Å²) in [5, 5.41) is 0. The molecule has 0 saturated heterocycles. The average Bonchev–Trinajstić information content (AvgIpc) is 2.65. The van der Waals surface area contributed by atoms with E-state index in [4.69, 9.17) is 13.3 Å². The van der Waals surface area contributed by atoms with Gasteiger partial charge in [-0.05, 0) is 37.0 Å². The van der Waals surface area contributed by atoms with Crippen LogP contribution in [0.1, 0.15) is 58.4 Å². The summed E-state index contributed by atoms with van der Waals surface area (Å²) in [7, 11) is -3.82. The van der Waals surface area contributed by atoms with E-state index < -0.39 is 26.7 Å². The lowest BCUT2D eigenvalue weighted by molar-refractivity contribution is -0.150. The second-order valence-corrected chi connectivity index (χ2v) is 8.48. The molecule has 0 heterocycles. The number of hydrogen-bond acceptors (Lipinski definition) is 6. The highest BCUT2D eigenvalue weighted by Crippen LogP contribution is 2.23. The quantitative estimate of drug-likeness (QED) is 0.415. The normalized spacial score (nSPS) is 11.0. The summed E-state index contributed by atoms with van der Waals surface area (Å²) in [6, 6.07) is 6.43. The first-order valence-corrected chi connectivity index (χ1v) is 11.2. The lowest BCUT2D eigenvalue weighted by Gasteiger charge is -2.27. The minimum absolute atomic E-state index is 0.0748. The third-order valence-corrected chi connectivity index (χ3v) is 6.34. The molecule has 0 saturated carbocycles. The molecule has 0 unspecified atom stereocenters. The number of benzene rings is 1. The molecule has 0 aliphatic carbocycles. The zero-order chi connectivity index (χ0) is 20.3. The summed E-state index contributed by atoms with van der Waals surface area (Å²) in [5.41, 5.74) is 0.837. The lowest BCUT2D eigenvalue weighted by atomic mass is 10.1. The molecule has 0 fully saturated rings. The van der Waals surface area contributed by atoms with Crippen LogP contribution in [0, 0.1) is 5.82 Å². The lowest BCUT2D eigenvalue weighted by Crippen LogP contribution is -2.50. The van der Waals surface area contributed by atoms with Gasteiger partial charge in [0.05, 0.1) is 6.04 Å². The van der Waals surface area contributed by atoms with Crippen molar-refractivity contribution in [2.75, 3.05) is 0 Å². The van der Waals surface area contributed by atoms with Gasteiger partial charge in [0.25, 0.3) is 17.9 Å². The maximum Gasteiger partial charge on any atom is 0.705 e. The fraction of sp³-hybridized carbons (Fsp3) is 0.526. The molecule has 0 aliphatic heterocycles. The van der Waals surface area contributed by atoms with Crippen LogP contribution in [0.2, 0.25) is 6.04 Å². The Bertz CT molecular complexity index is 603. The van der Waals surface area contributed by atoms with Crippen LogP contribution >= 0.6 is 0 Å². The van der Waals surface area contributed by atoms with Gasteiger partial charge in [-0.2, -0.15) is 0 Å². The van der Waals surface area contributed by atoms with Crippen LogP contribution in [0.5, 0.6) is 0 Å². The zero-order valence-electron chi connectivity index (χ0n) is 16.1. The zero-order valence-corrected chi connectivity index (χ0v) is 17.1. The summed E-state index contributed by atoms with van der Waals surface area (Å²) < 4.78 is 29.3. The highest BCUT2D eigenvalue weighted by atomic mass is 28.4. The Hall–Kier alpha value is -2.22. The standard InChI is InChI=1S/C19H27FO6Si/c1-4-17(21)24-27(25-18(22)5-2,26-19(23)6-3)13-8-7-10-15-11-9-12-16(20)14-15/h9,11-12,14H,4-8,10,13H2,1-3H3. The van der Waals surface area contributed by atoms with Crippen LogP contribution in [0.25, 0.3) is 0 Å². The summed E-state index contributed by atoms with van der Waals surface area (Å²) in [5.74, 6) is -2.05. The molecule has 0 radical (unpaired) electrons. The van der Waals surface area contributed by atoms with Gasteiger partial charge in [-0.3, -0.25) is 14.4 Å². The fourth-order valence-corrected chi connectivity index (χ4v) is 4.90. The second-order valence-electron chi connectivity index (χ2n) is 6.00. The number of carbonyl (C=O) groups excluding carboxylic acids is 3. The minimum Gasteiger partial charge on any atom is -0.455 e. The van der Waals surface area contributed by atoms with Crippen molar-refractivity contribution in [3.8, 4) is 0 Å². The van der Waals surface area contributed by atoms with E-state index in [0.29, 0.717) is 19.3 Å². The minimum atomic E-state index is -3.82. The SMILES string of the molecule is CCC(=O)O[Si](CCCCc1cccc(F)c1)(OC(=O)CC)OC(=O)CC. The van der Waals surface area contributed by atoms with Crippen molar-refractivity contribution < 1.29 is 32.1 Å². The number of halogens is 1. The number of unbranched alkanes of at least 4 members (excludes halogenated alkanes) is 1. The molecule has 1 rings (SSSR count). The van der Waals surface area contributed by atoms with Gasteiger partial charge in [0, 0.05) is 19.3 Å². The van der Waals surface area contributed by atoms with Crippen molar-refractivity contribution in [2.45, 2.75) is 65.3 Å². The largest absolute Gasteiger partial charge is 0.705 e. The maximum absolute atomic E-state index is 13.2. The molecule has 8 heteroatoms. The van der Waals surface area contributed by atoms with Gasteiger partial charge < -0.3 is 13.3 Å². The van der Waals surface area contributed by atoms with E-state index in [-0.39, 0.29) is 31.1 Å². The van der Waals surface area contributed by atoms with Gasteiger partial charge in [0.2, 0.25) is 0 Å². The van der Waals surface area contributed by atoms with Crippen LogP contribution in [0.3, 0.4) is 0 Å². The van der Waals surface area contributed by atoms with E-state index in [1.54, 1.807) is 26.8 Å². The van der Waals surface area contributed by atoms with Crippen molar-refractivity contribution >= 4 is 26.7 Å². The van der Waals surface area contributed by atoms with Crippen LogP contribution in [0.15, 0.2) is 24.3 Å². The van der Waals surface area contributed by atoms with Crippen LogP contribution in [-0.2, 0) is 34.1 Å². The first-order chi connectivity index (χ1) is 12.8. The number of carbonyl (C=O) groups is 3. The average molecular weight is 399 g/mol. The summed E-state index contributed by atoms with van der Waals surface area (Å²) in [6.07, 6.45) is 1.96. The van der Waals surface area contributed by atoms with E-state index in [2.05, 4.69) is 0 Å². The fourth-order valence-electron chi connectivity index (χ4n) is 2.32. The molecule has 150 valence electrons. The smallest absolute Gasteiger partial charge is 0.455 e. The second kappa shape index (κ2) is 11.5. The first kappa shape index (κ1) is 22.8. The van der Waals surface area contributed by atoms with E-state index in [1.165, 1.54) is 12.1 Å². The van der Waals surface area contributed by atoms with Gasteiger partial charge in [-0.25, -0.2) is 4.39 Å². The third kappa shape index (κ3) is 8.34. The van der Waals surface area contributed by atoms with E-state index in [9.17, 15) is 18.8 Å². The molecule has 27 heavy (non-hydrogen) atoms. The van der Waals surface area contributed by atoms with Crippen LogP contribution < -0.4 is 0 Å². The Morgan fingerprint density at radius 1 is 0.889 bits per heavy atom. The van der Waals surface area contributed by atoms with Gasteiger partial charge in [-0.1, -0.05) is 32.9 Å². The molecule has 1 aromatic rings. The molecular weight excluding hydrogens is 371 g/mol. The number of aryl methyl sites for hydroxylation is 1. The van der Waals surface area contributed by atoms with Crippen molar-refractivity contribution in [1.82, 2.24) is 0 Å². The monoisotopic (exact) mass is 398 g/mol. The van der Waals surface area contributed by atoms with Crippen molar-refractivity contribution in [3.63, 3.8) is 0 Å². The molecule has 0 amide bonds. The maximum atomic E-state index is 13.2. The van der Waals surface area contributed by atoms with Crippen LogP contribution in [0.4, 0.5) is 4.39 Å². The predicted molar refractivity (Wildman–Crippen MR) is 99.0 cm³/mol. The number of hydrogen-bond donors (Lipinski definition) is 0. The highest BCUT2D eigenvalue weighted by molar-refractivity contribution is 6.65. The van der Waals surface area contributed by atoms with Gasteiger partial charge in [0.15, 0.2) is 0 Å². The van der Waals surface area contributed by atoms with Crippen molar-refractivity contribution in [2.24, 2.45) is 0 Å².